The normalized spacial score (nSPS) is 12.8. The van der Waals surface area contributed by atoms with Crippen LogP contribution >= 0.6 is 24.0 Å². The molecule has 0 aliphatic carbocycles. The van der Waals surface area contributed by atoms with Crippen LogP contribution in [-0.4, -0.2) is 100 Å². The Balaban J connectivity index is 0.000000172. The third kappa shape index (κ3) is 22.5. The predicted molar refractivity (Wildman–Crippen MR) is 448 cm³/mol. The summed E-state index contributed by atoms with van der Waals surface area (Å²) in [6.07, 6.45) is 9.41. The van der Waals surface area contributed by atoms with Crippen LogP contribution in [0.4, 0.5) is 0 Å². The van der Waals surface area contributed by atoms with Crippen LogP contribution < -0.4 is 39.8 Å². The van der Waals surface area contributed by atoms with Crippen molar-refractivity contribution >= 4 is 87.7 Å². The van der Waals surface area contributed by atoms with Crippen LogP contribution in [-0.2, 0) is 75.3 Å². The lowest BCUT2D eigenvalue weighted by Gasteiger charge is -2.24. The van der Waals surface area contributed by atoms with E-state index in [1.54, 1.807) is 36.4 Å². The number of hydrogen-bond acceptors (Lipinski definition) is 20. The Morgan fingerprint density at radius 1 is 0.465 bits per heavy atom. The predicted octanol–water partition coefficient (Wildman–Crippen LogP) is 13.6. The van der Waals surface area contributed by atoms with Crippen molar-refractivity contribution in [3.05, 3.63) is 327 Å². The second kappa shape index (κ2) is 37.9. The minimum absolute atomic E-state index is 0.246. The van der Waals surface area contributed by atoms with E-state index in [2.05, 4.69) is 174 Å². The molecular weight excluding hydrogens is 1560 g/mol. The van der Waals surface area contributed by atoms with Crippen LogP contribution in [0.25, 0.3) is 23.3 Å². The first-order chi connectivity index (χ1) is 54.3. The van der Waals surface area contributed by atoms with E-state index in [0.717, 1.165) is 92.0 Å². The third-order valence-corrected chi connectivity index (χ3v) is 24.3. The number of nitrogens with zero attached hydrogens (tertiary/aromatic N) is 3. The van der Waals surface area contributed by atoms with Crippen molar-refractivity contribution < 1.29 is 66.0 Å². The van der Waals surface area contributed by atoms with Crippen LogP contribution in [0, 0.1) is 55.4 Å². The summed E-state index contributed by atoms with van der Waals surface area (Å²) >= 11 is 2.25. The molecule has 3 N–H and O–H groups in total. The zero-order valence-electron chi connectivity index (χ0n) is 64.9. The summed E-state index contributed by atoms with van der Waals surface area (Å²) in [5.41, 5.74) is 20.2. The highest BCUT2D eigenvalue weighted by Crippen LogP contribution is 2.41. The number of rotatable bonds is 27. The van der Waals surface area contributed by atoms with Crippen molar-refractivity contribution in [3.8, 4) is 23.0 Å². The molecule has 594 valence electrons. The SMILES string of the molecule is COOSNCCCc1nc(CCCNS(C)(=O)=O)nc(SCCCS(=O)(=O)O)n1.Cc1cccc(C)c1/C=c1\ccc2c(c1)Oc1cc(Cc3c(C)cccc3C)ccc1C=2c1ccccc1S(=O)(=O)[O-].Cc1cccc(C)c1/C=c1\ccc2c(c1)Oc1cc(Cc3c(C)cccc3C)ccc1C=2c1ccccc1S(=O)(=O)[O-]. The van der Waals surface area contributed by atoms with Gasteiger partial charge in [0, 0.05) is 75.5 Å². The number of fused-ring (bicyclic) bond motifs is 4. The van der Waals surface area contributed by atoms with Gasteiger partial charge >= 0.3 is 0 Å². The third-order valence-electron chi connectivity index (χ3n) is 19.5. The lowest BCUT2D eigenvalue weighted by molar-refractivity contribution is -0.161. The second-order valence-electron chi connectivity index (χ2n) is 28.0. The summed E-state index contributed by atoms with van der Waals surface area (Å²) in [7, 11) is -15.3. The standard InChI is InChI=1S/2C37H32O4S.C14H27N5O7S4/c2*1-23-9-7-10-24(2)32(23)19-27-15-17-29-34(21-27)41-35-22-28(20-33-25(3)11-8-12-26(33)4)16-18-30(35)37(29)31-13-5-6-14-36(31)42(38,39)40;1-25-26-28-15-8-3-6-12-17-13(7-4-9-16-29(2,20)21)19-14(18-12)27-10-5-11-30(22,23)24/h2*5-19,21-22H,20H2,1-4H3,(H,38,39,40);15-16H,3-11H2,1-2H3,(H,22,23,24)/p-2/b2*27-19+;. The molecule has 2 aliphatic rings. The zero-order chi connectivity index (χ0) is 81.7. The lowest BCUT2D eigenvalue weighted by atomic mass is 9.90. The number of benzene rings is 10. The van der Waals surface area contributed by atoms with Gasteiger partial charge in [-0.3, -0.25) is 4.55 Å². The van der Waals surface area contributed by atoms with Gasteiger partial charge in [-0.15, -0.1) is 4.33 Å². The Hall–Kier alpha value is -9.49. The molecule has 0 amide bonds. The number of nitrogens with one attached hydrogen (secondary N) is 2. The van der Waals surface area contributed by atoms with Gasteiger partial charge in [0.25, 0.3) is 10.1 Å². The first kappa shape index (κ1) is 85.4. The smallest absolute Gasteiger partial charge is 0.264 e. The molecule has 0 radical (unpaired) electrons. The topological polar surface area (TPSA) is 303 Å². The van der Waals surface area contributed by atoms with Crippen LogP contribution in [0.15, 0.2) is 209 Å². The first-order valence-corrected chi connectivity index (χ1v) is 44.9. The highest BCUT2D eigenvalue weighted by Gasteiger charge is 2.27. The van der Waals surface area contributed by atoms with Gasteiger partial charge in [0.2, 0.25) is 10.0 Å². The average molecular weight is 1650 g/mol. The van der Waals surface area contributed by atoms with Crippen molar-refractivity contribution in [2.45, 2.75) is 115 Å². The number of aryl methyl sites for hydroxylation is 10. The number of ether oxygens (including phenoxy) is 2. The summed E-state index contributed by atoms with van der Waals surface area (Å²) in [6, 6.07) is 61.8. The molecule has 0 saturated heterocycles. The molecule has 0 saturated carbocycles. The van der Waals surface area contributed by atoms with E-state index < -0.39 is 40.4 Å². The Morgan fingerprint density at radius 2 is 0.877 bits per heavy atom. The van der Waals surface area contributed by atoms with E-state index in [4.69, 9.17) is 14.0 Å². The zero-order valence-corrected chi connectivity index (χ0v) is 69.8. The number of aromatic nitrogens is 3. The van der Waals surface area contributed by atoms with Crippen molar-refractivity contribution in [1.82, 2.24) is 24.4 Å². The number of thioether (sulfide) groups is 1. The Morgan fingerprint density at radius 3 is 1.28 bits per heavy atom. The fraction of sp³-hybridized carbons (Fsp3) is 0.239. The molecule has 11 aromatic rings. The van der Waals surface area contributed by atoms with Gasteiger partial charge in [-0.2, -0.15) is 8.42 Å². The monoisotopic (exact) mass is 1650 g/mol. The molecule has 13 rings (SSSR count). The molecule has 114 heavy (non-hydrogen) atoms. The molecule has 26 heteroatoms. The summed E-state index contributed by atoms with van der Waals surface area (Å²) < 4.78 is 150. The maximum Gasteiger partial charge on any atom is 0.264 e. The molecule has 2 aliphatic heterocycles. The van der Waals surface area contributed by atoms with Gasteiger partial charge in [0.15, 0.2) is 5.16 Å². The summed E-state index contributed by atoms with van der Waals surface area (Å²) in [6.45, 7) is 17.7. The summed E-state index contributed by atoms with van der Waals surface area (Å²) in [4.78, 5) is 17.1. The molecular formula is C88H89N5O15S6-2. The Labute approximate surface area is 676 Å². The van der Waals surface area contributed by atoms with Crippen molar-refractivity contribution in [2.75, 3.05) is 38.0 Å². The lowest BCUT2D eigenvalue weighted by Crippen LogP contribution is -2.23. The van der Waals surface area contributed by atoms with Crippen molar-refractivity contribution in [2.24, 2.45) is 0 Å². The average Bonchev–Trinajstić information content (AvgIpc) is 0.747. The van der Waals surface area contributed by atoms with Crippen LogP contribution in [0.5, 0.6) is 23.0 Å². The van der Waals surface area contributed by atoms with Crippen LogP contribution in [0.2, 0.25) is 0 Å². The van der Waals surface area contributed by atoms with Crippen LogP contribution in [0.1, 0.15) is 131 Å². The first-order valence-electron chi connectivity index (χ1n) is 36.8. The molecule has 0 fully saturated rings. The molecule has 0 unspecified atom stereocenters. The largest absolute Gasteiger partial charge is 0.744 e. The fourth-order valence-electron chi connectivity index (χ4n) is 13.8. The minimum atomic E-state index is -4.72. The second-order valence-corrected chi connectivity index (χ2v) is 35.8. The van der Waals surface area contributed by atoms with Gasteiger partial charge < -0.3 is 18.6 Å². The molecule has 3 heterocycles. The maximum atomic E-state index is 12.4. The molecule has 1 aromatic heterocycles. The van der Waals surface area contributed by atoms with E-state index in [-0.39, 0.29) is 28.5 Å². The van der Waals surface area contributed by atoms with E-state index in [9.17, 15) is 42.8 Å². The van der Waals surface area contributed by atoms with E-state index in [0.29, 0.717) is 93.6 Å². The van der Waals surface area contributed by atoms with E-state index >= 15 is 0 Å². The van der Waals surface area contributed by atoms with E-state index in [1.807, 2.05) is 72.8 Å². The fourth-order valence-corrected chi connectivity index (χ4v) is 17.6. The highest BCUT2D eigenvalue weighted by atomic mass is 32.2. The molecule has 0 spiro atoms. The molecule has 20 nitrogen and oxygen atoms in total. The van der Waals surface area contributed by atoms with Gasteiger partial charge in [-0.1, -0.05) is 157 Å². The Kier molecular flexibility index (Phi) is 28.4. The minimum Gasteiger partial charge on any atom is -0.744 e. The molecule has 10 aromatic carbocycles. The van der Waals surface area contributed by atoms with Crippen LogP contribution in [0.3, 0.4) is 0 Å². The van der Waals surface area contributed by atoms with E-state index in [1.165, 1.54) is 86.6 Å². The van der Waals surface area contributed by atoms with Crippen molar-refractivity contribution in [1.29, 1.82) is 0 Å². The van der Waals surface area contributed by atoms with Gasteiger partial charge in [0.1, 0.15) is 67.1 Å². The number of hydrogen-bond donors (Lipinski definition) is 3. The van der Waals surface area contributed by atoms with Gasteiger partial charge in [0.05, 0.1) is 28.9 Å². The quantitative estimate of drug-likeness (QED) is 0.00819. The summed E-state index contributed by atoms with van der Waals surface area (Å²) in [5.74, 6) is 3.71. The maximum absolute atomic E-state index is 12.4. The van der Waals surface area contributed by atoms with Gasteiger partial charge in [-0.05, 0) is 237 Å². The molecule has 0 bridgehead atoms. The highest BCUT2D eigenvalue weighted by molar-refractivity contribution is 7.99. The van der Waals surface area contributed by atoms with Crippen molar-refractivity contribution in [3.63, 3.8) is 0 Å². The number of sulfonamides is 1. The molecule has 0 atom stereocenters. The summed E-state index contributed by atoms with van der Waals surface area (Å²) in [5, 5.41) is 3.86. The van der Waals surface area contributed by atoms with Gasteiger partial charge in [-0.25, -0.2) is 54.5 Å². The Bertz CT molecular complexity index is 5760.